The van der Waals surface area contributed by atoms with Crippen LogP contribution in [0.5, 0.6) is 0 Å². The fraction of sp³-hybridized carbons (Fsp3) is 0.667. The van der Waals surface area contributed by atoms with E-state index in [4.69, 9.17) is 63.0 Å². The van der Waals surface area contributed by atoms with Crippen LogP contribution in [0.25, 0.3) is 0 Å². The van der Waals surface area contributed by atoms with Crippen LogP contribution in [0.2, 0.25) is 0 Å². The van der Waals surface area contributed by atoms with E-state index in [2.05, 4.69) is 76.7 Å². The number of aliphatic hydroxyl groups is 2. The number of amides is 13. The number of hydroxylamine groups is 2. The molecule has 1 saturated heterocycles. The molecule has 0 radical (unpaired) electrons. The number of carbonyl (C=O) groups excluding carboxylic acids is 16. The number of hydrogen-bond acceptors (Lipinski definition) is 31. The first-order valence-corrected chi connectivity index (χ1v) is 47.1. The van der Waals surface area contributed by atoms with Crippen LogP contribution in [0.1, 0.15) is 205 Å². The molecule has 0 saturated carbocycles. The van der Waals surface area contributed by atoms with Gasteiger partial charge in [-0.2, -0.15) is 0 Å². The summed E-state index contributed by atoms with van der Waals surface area (Å²) in [6.45, 7) is 36.2. The summed E-state index contributed by atoms with van der Waals surface area (Å²) in [4.78, 5) is 202. The maximum atomic E-state index is 13.6. The van der Waals surface area contributed by atoms with Crippen LogP contribution < -0.4 is 43.0 Å². The zero-order valence-corrected chi connectivity index (χ0v) is 82.9. The van der Waals surface area contributed by atoms with Gasteiger partial charge in [-0.05, 0) is 149 Å². The molecule has 137 heavy (non-hydrogen) atoms. The second kappa shape index (κ2) is 70.2. The highest BCUT2D eigenvalue weighted by Gasteiger charge is 2.35. The molecular formula is C96H154N12O29. The lowest BCUT2D eigenvalue weighted by Crippen LogP contribution is -2.45. The van der Waals surface area contributed by atoms with E-state index >= 15 is 0 Å². The Bertz CT molecular complexity index is 4000. The topological polar surface area (TPSA) is 538 Å². The highest BCUT2D eigenvalue weighted by molar-refractivity contribution is 6.13. The number of alkyl carbamates (subject to hydrolysis) is 2. The predicted octanol–water partition coefficient (Wildman–Crippen LogP) is 6.39. The zero-order valence-electron chi connectivity index (χ0n) is 82.9. The van der Waals surface area contributed by atoms with Crippen LogP contribution in [0.15, 0.2) is 72.8 Å². The lowest BCUT2D eigenvalue weighted by Gasteiger charge is -2.28. The number of hydrogen-bond donors (Lipinski definition) is 10. The monoisotopic (exact) mass is 1940 g/mol. The summed E-state index contributed by atoms with van der Waals surface area (Å²) in [5.74, 6) is -6.81. The van der Waals surface area contributed by atoms with Gasteiger partial charge in [0, 0.05) is 144 Å². The van der Waals surface area contributed by atoms with Crippen LogP contribution in [0.4, 0.5) is 21.0 Å². The largest absolute Gasteiger partial charge is 0.444 e. The first kappa shape index (κ1) is 123. The molecule has 772 valence electrons. The van der Waals surface area contributed by atoms with Crippen molar-refractivity contribution in [2.45, 2.75) is 242 Å². The Morgan fingerprint density at radius 1 is 0.423 bits per heavy atom. The number of imide groups is 3. The molecule has 41 nitrogen and oxygen atoms in total. The van der Waals surface area contributed by atoms with E-state index in [1.165, 1.54) is 24.3 Å². The first-order chi connectivity index (χ1) is 65.0. The van der Waals surface area contributed by atoms with Gasteiger partial charge in [-0.15, -0.1) is 5.06 Å². The molecule has 3 heterocycles. The fourth-order valence-electron chi connectivity index (χ4n) is 13.0. The molecule has 2 aromatic rings. The lowest BCUT2D eigenvalue weighted by atomic mass is 9.89. The molecule has 13 amide bonds. The van der Waals surface area contributed by atoms with Gasteiger partial charge in [0.05, 0.1) is 137 Å². The lowest BCUT2D eigenvalue weighted by molar-refractivity contribution is -0.198. The van der Waals surface area contributed by atoms with E-state index in [9.17, 15) is 81.8 Å². The molecule has 3 aliphatic heterocycles. The number of benzene rings is 2. The molecule has 0 bridgehead atoms. The number of unbranched alkanes of at least 4 members (excludes halogenated alkanes) is 2. The first-order valence-electron chi connectivity index (χ1n) is 47.1. The SMILES string of the molecule is CC(C)[C@H](N)C(=O)C[C@@H](CCCCNC(=O)OC(C)(C)C)C(=O)Nc1ccc(CO)cc1.CC(C)[C@H](NC(=O)CCOCCOCCOCCOCCNC(=O)CCN1C(=O)C=CC1=O)C(=O)C[C@@H](CCCCNC(=O)OC(C)(C)C)C(=O)Nc1ccc(CO)cc1.CCN(C(C)C)C(C)C.O=C(CCN1C(=O)C=CC1=O)NCCOCCOCCOCCOCCC(=O)ON1C(=O)CCC1=O. The third-order valence-corrected chi connectivity index (χ3v) is 20.3. The van der Waals surface area contributed by atoms with Crippen molar-refractivity contribution in [2.75, 3.05) is 162 Å². The number of rotatable bonds is 65. The third kappa shape index (κ3) is 57.5. The number of nitrogens with one attached hydrogen (secondary N) is 7. The van der Waals surface area contributed by atoms with Gasteiger partial charge in [0.1, 0.15) is 11.2 Å². The Morgan fingerprint density at radius 3 is 1.09 bits per heavy atom. The van der Waals surface area contributed by atoms with Crippen molar-refractivity contribution in [3.63, 3.8) is 0 Å². The van der Waals surface area contributed by atoms with Crippen molar-refractivity contribution < 1.29 is 139 Å². The number of aliphatic hydroxyl groups excluding tert-OH is 2. The van der Waals surface area contributed by atoms with E-state index in [-0.39, 0.29) is 177 Å². The fourth-order valence-corrected chi connectivity index (χ4v) is 13.0. The highest BCUT2D eigenvalue weighted by Crippen LogP contribution is 2.24. The second-order valence-corrected chi connectivity index (χ2v) is 35.3. The molecule has 11 N–H and O–H groups in total. The molecule has 2 aromatic carbocycles. The summed E-state index contributed by atoms with van der Waals surface area (Å²) < 4.78 is 53.6. The summed E-state index contributed by atoms with van der Waals surface area (Å²) in [5.41, 5.74) is 7.37. The number of nitrogens with two attached hydrogens (primary N) is 1. The molecule has 0 aliphatic carbocycles. The smallest absolute Gasteiger partial charge is 0.407 e. The van der Waals surface area contributed by atoms with Gasteiger partial charge < -0.3 is 105 Å². The van der Waals surface area contributed by atoms with Crippen LogP contribution in [0.3, 0.4) is 0 Å². The average molecular weight is 1940 g/mol. The summed E-state index contributed by atoms with van der Waals surface area (Å²) in [5, 5.41) is 38.2. The standard InChI is InChI=1S/C42H65N5O13.C24H39N3O5.C22H31N3O11.C8H19N/c1-30(2)39(34(49)28-32(8-6-7-17-44-41(55)60-42(3,4)5)40(54)45-33-11-9-31(29-48)10-12-33)46-36(51)16-20-56-22-24-58-26-27-59-25-23-57-21-18-43-35(50)15-19-47-37(52)13-14-38(47)53;1-16(2)21(25)20(29)14-18(8-6-7-13-26-23(31)32-24(3,4)5)22(30)27-19-11-9-17(15-28)10-12-19;26-17(5-8-24-18(27)1-2-19(24)28)23-7-10-33-12-14-35-16-15-34-13-11-32-9-6-22(31)36-25-20(29)3-4-21(25)30;1-6-9(7(2)3)8(4)5/h9-14,30,32,39,48H,6-8,15-29H2,1-5H3,(H,43,50)(H,44,55)(H,45,54)(H,46,51);9-12,16,18,21,28H,6-8,13-15,25H2,1-5H3,(H,26,31)(H,27,30);1-2H,3-16H2,(H,23,26);7-8H,6H2,1-5H3/t32-,39+;18-,21+;;/m11../s1. The Balaban J connectivity index is 0.000000702. The van der Waals surface area contributed by atoms with E-state index < -0.39 is 88.7 Å². The van der Waals surface area contributed by atoms with Gasteiger partial charge in [0.25, 0.3) is 35.4 Å². The van der Waals surface area contributed by atoms with Crippen LogP contribution in [-0.2, 0) is 133 Å². The minimum Gasteiger partial charge on any atom is -0.444 e. The van der Waals surface area contributed by atoms with Crippen molar-refractivity contribution in [3.05, 3.63) is 84.0 Å². The van der Waals surface area contributed by atoms with Crippen molar-refractivity contribution in [3.8, 4) is 0 Å². The summed E-state index contributed by atoms with van der Waals surface area (Å²) in [6, 6.07) is 13.6. The Labute approximate surface area is 805 Å². The number of ketones is 2. The van der Waals surface area contributed by atoms with Gasteiger partial charge >= 0.3 is 18.2 Å². The third-order valence-electron chi connectivity index (χ3n) is 20.3. The zero-order chi connectivity index (χ0) is 102. The van der Waals surface area contributed by atoms with Crippen LogP contribution >= 0.6 is 0 Å². The maximum absolute atomic E-state index is 13.6. The minimum atomic E-state index is -0.809. The maximum Gasteiger partial charge on any atom is 0.407 e. The van der Waals surface area contributed by atoms with Crippen molar-refractivity contribution in [2.24, 2.45) is 29.4 Å². The van der Waals surface area contributed by atoms with E-state index in [1.54, 1.807) is 90.1 Å². The van der Waals surface area contributed by atoms with E-state index in [0.717, 1.165) is 21.9 Å². The highest BCUT2D eigenvalue weighted by atomic mass is 16.7. The minimum absolute atomic E-state index is 0.00438. The molecule has 5 rings (SSSR count). The van der Waals surface area contributed by atoms with Gasteiger partial charge in [0.15, 0.2) is 11.6 Å². The van der Waals surface area contributed by atoms with Crippen LogP contribution in [0, 0.1) is 23.7 Å². The van der Waals surface area contributed by atoms with Gasteiger partial charge in [-0.25, -0.2) is 14.4 Å². The molecule has 0 spiro atoms. The quantitative estimate of drug-likeness (QED) is 0.0253. The molecular weight excluding hydrogens is 1790 g/mol. The second-order valence-electron chi connectivity index (χ2n) is 35.3. The number of ether oxygens (including phenoxy) is 10. The van der Waals surface area contributed by atoms with E-state index in [0.29, 0.717) is 158 Å². The van der Waals surface area contributed by atoms with Crippen molar-refractivity contribution in [1.82, 2.24) is 46.3 Å². The Kier molecular flexibility index (Phi) is 62.9. The molecule has 4 atom stereocenters. The number of Topliss-reactive ketones (excluding diaryl/α,β-unsaturated/α-hetero) is 2. The van der Waals surface area contributed by atoms with Gasteiger partial charge in [-0.3, -0.25) is 77.0 Å². The molecule has 3 aliphatic rings. The Morgan fingerprint density at radius 2 is 0.766 bits per heavy atom. The molecule has 0 aromatic heterocycles. The summed E-state index contributed by atoms with van der Waals surface area (Å²) in [7, 11) is 0. The molecule has 0 unspecified atom stereocenters. The van der Waals surface area contributed by atoms with Crippen molar-refractivity contribution >= 4 is 106 Å². The molecule has 41 heteroatoms. The van der Waals surface area contributed by atoms with Crippen molar-refractivity contribution in [1.29, 1.82) is 0 Å². The number of anilines is 2. The van der Waals surface area contributed by atoms with E-state index in [1.807, 2.05) is 27.7 Å². The normalized spacial score (nSPS) is 13.9. The van der Waals surface area contributed by atoms with Gasteiger partial charge in [-0.1, -0.05) is 71.7 Å². The van der Waals surface area contributed by atoms with Crippen LogP contribution in [-0.4, -0.2) is 312 Å². The molecule has 1 fully saturated rings. The average Bonchev–Trinajstić information content (AvgIpc) is 1.78. The number of nitrogens with zero attached hydrogens (tertiary/aromatic N) is 4. The summed E-state index contributed by atoms with van der Waals surface area (Å²) >= 11 is 0. The van der Waals surface area contributed by atoms with Gasteiger partial charge in [0.2, 0.25) is 29.5 Å². The summed E-state index contributed by atoms with van der Waals surface area (Å²) in [6.07, 6.45) is 7.02. The Hall–Kier alpha value is -10.4. The predicted molar refractivity (Wildman–Crippen MR) is 507 cm³/mol. The number of carbonyl (C=O) groups is 16.